The molecule has 1 N–H and O–H groups in total. The maximum atomic E-state index is 10.7. The molecule has 4 nitrogen and oxygen atoms in total. The van der Waals surface area contributed by atoms with E-state index in [-0.39, 0.29) is 12.4 Å². The zero-order valence-electron chi connectivity index (χ0n) is 6.41. The van der Waals surface area contributed by atoms with Crippen molar-refractivity contribution < 1.29 is 19.4 Å². The fraction of sp³-hybridized carbons (Fsp3) is 0.125. The molecule has 0 amide bonds. The Balaban J connectivity index is 2.55. The number of fused-ring (bicyclic) bond motifs is 1. The molecule has 0 saturated carbocycles. The highest BCUT2D eigenvalue weighted by molar-refractivity contribution is 14.1. The van der Waals surface area contributed by atoms with Crippen molar-refractivity contribution in [3.63, 3.8) is 0 Å². The molecule has 13 heavy (non-hydrogen) atoms. The second kappa shape index (κ2) is 3.06. The molecule has 1 aromatic carbocycles. The van der Waals surface area contributed by atoms with E-state index in [1.54, 1.807) is 6.07 Å². The number of carbonyl (C=O) groups is 1. The Morgan fingerprint density at radius 3 is 2.62 bits per heavy atom. The largest absolute Gasteiger partial charge is 0.478 e. The summed E-state index contributed by atoms with van der Waals surface area (Å²) in [6, 6.07) is 3.14. The first kappa shape index (κ1) is 8.61. The van der Waals surface area contributed by atoms with Gasteiger partial charge in [-0.1, -0.05) is 0 Å². The fourth-order valence-corrected chi connectivity index (χ4v) is 1.75. The fourth-order valence-electron chi connectivity index (χ4n) is 1.08. The van der Waals surface area contributed by atoms with Crippen LogP contribution in [0.5, 0.6) is 11.5 Å². The number of carboxylic acids is 1. The predicted molar refractivity (Wildman–Crippen MR) is 52.2 cm³/mol. The summed E-state index contributed by atoms with van der Waals surface area (Å²) in [6.45, 7) is 0.161. The van der Waals surface area contributed by atoms with Crippen LogP contribution in [0.2, 0.25) is 0 Å². The van der Waals surface area contributed by atoms with Crippen molar-refractivity contribution in [1.82, 2.24) is 0 Å². The van der Waals surface area contributed by atoms with E-state index >= 15 is 0 Å². The molecular formula is C8H5IO4. The van der Waals surface area contributed by atoms with Crippen molar-refractivity contribution in [3.05, 3.63) is 21.3 Å². The second-order valence-electron chi connectivity index (χ2n) is 2.49. The van der Waals surface area contributed by atoms with Gasteiger partial charge in [0.05, 0.1) is 5.56 Å². The molecule has 1 heterocycles. The summed E-state index contributed by atoms with van der Waals surface area (Å²) < 4.78 is 10.8. The van der Waals surface area contributed by atoms with Crippen LogP contribution < -0.4 is 9.47 Å². The highest BCUT2D eigenvalue weighted by Crippen LogP contribution is 2.35. The molecule has 0 aromatic heterocycles. The van der Waals surface area contributed by atoms with Gasteiger partial charge in [-0.25, -0.2) is 4.79 Å². The lowest BCUT2D eigenvalue weighted by atomic mass is 10.2. The molecular weight excluding hydrogens is 287 g/mol. The molecule has 0 unspecified atom stereocenters. The second-order valence-corrected chi connectivity index (χ2v) is 3.65. The third-order valence-corrected chi connectivity index (χ3v) is 2.59. The maximum absolute atomic E-state index is 10.7. The van der Waals surface area contributed by atoms with E-state index in [1.807, 2.05) is 22.6 Å². The van der Waals surface area contributed by atoms with E-state index in [4.69, 9.17) is 14.6 Å². The van der Waals surface area contributed by atoms with Crippen molar-refractivity contribution in [2.24, 2.45) is 0 Å². The van der Waals surface area contributed by atoms with Gasteiger partial charge in [-0.2, -0.15) is 0 Å². The highest BCUT2D eigenvalue weighted by Gasteiger charge is 2.18. The normalized spacial score (nSPS) is 13.0. The van der Waals surface area contributed by atoms with E-state index in [0.717, 1.165) is 0 Å². The van der Waals surface area contributed by atoms with E-state index in [2.05, 4.69) is 0 Å². The monoisotopic (exact) mass is 292 g/mol. The zero-order chi connectivity index (χ0) is 9.42. The van der Waals surface area contributed by atoms with E-state index in [0.29, 0.717) is 15.1 Å². The molecule has 0 atom stereocenters. The van der Waals surface area contributed by atoms with E-state index in [9.17, 15) is 4.79 Å². The minimum Gasteiger partial charge on any atom is -0.478 e. The number of ether oxygens (including phenoxy) is 2. The van der Waals surface area contributed by atoms with Gasteiger partial charge in [0.2, 0.25) is 6.79 Å². The zero-order valence-corrected chi connectivity index (χ0v) is 8.57. The van der Waals surface area contributed by atoms with Crippen LogP contribution in [0.3, 0.4) is 0 Å². The minimum absolute atomic E-state index is 0.161. The van der Waals surface area contributed by atoms with Crippen molar-refractivity contribution in [2.45, 2.75) is 0 Å². The lowest BCUT2D eigenvalue weighted by Crippen LogP contribution is -1.99. The van der Waals surface area contributed by atoms with Crippen LogP contribution in [0.4, 0.5) is 0 Å². The van der Waals surface area contributed by atoms with Crippen LogP contribution in [0, 0.1) is 3.57 Å². The van der Waals surface area contributed by atoms with Gasteiger partial charge in [0.1, 0.15) is 0 Å². The van der Waals surface area contributed by atoms with Crippen LogP contribution in [0.25, 0.3) is 0 Å². The Bertz CT molecular complexity index is 375. The average Bonchev–Trinajstić information content (AvgIpc) is 2.48. The average molecular weight is 292 g/mol. The summed E-state index contributed by atoms with van der Waals surface area (Å²) in [5.41, 5.74) is 0.241. The van der Waals surface area contributed by atoms with Gasteiger partial charge in [0, 0.05) is 3.57 Å². The molecule has 1 aromatic rings. The summed E-state index contributed by atoms with van der Waals surface area (Å²) in [5.74, 6) is 0.148. The number of hydrogen-bond acceptors (Lipinski definition) is 3. The Labute approximate surface area is 87.6 Å². The highest BCUT2D eigenvalue weighted by atomic mass is 127. The molecule has 1 aliphatic rings. The third-order valence-electron chi connectivity index (χ3n) is 1.69. The molecule has 0 bridgehead atoms. The molecule has 0 fully saturated rings. The van der Waals surface area contributed by atoms with Crippen LogP contribution in [0.1, 0.15) is 10.4 Å². The van der Waals surface area contributed by atoms with Gasteiger partial charge in [0.15, 0.2) is 11.5 Å². The quantitative estimate of drug-likeness (QED) is 0.801. The molecule has 0 spiro atoms. The first-order chi connectivity index (χ1) is 6.18. The smallest absolute Gasteiger partial charge is 0.336 e. The summed E-state index contributed by atoms with van der Waals surface area (Å²) in [5, 5.41) is 8.80. The standard InChI is InChI=1S/C8H5IO4/c9-5-2-7-6(12-3-13-7)1-4(5)8(10)11/h1-2H,3H2,(H,10,11). The number of benzene rings is 1. The van der Waals surface area contributed by atoms with Gasteiger partial charge in [-0.05, 0) is 34.7 Å². The van der Waals surface area contributed by atoms with Crippen LogP contribution in [-0.2, 0) is 0 Å². The summed E-state index contributed by atoms with van der Waals surface area (Å²) >= 11 is 1.95. The van der Waals surface area contributed by atoms with Gasteiger partial charge in [-0.15, -0.1) is 0 Å². The van der Waals surface area contributed by atoms with Crippen LogP contribution in [0.15, 0.2) is 12.1 Å². The molecule has 0 saturated heterocycles. The molecule has 0 radical (unpaired) electrons. The predicted octanol–water partition coefficient (Wildman–Crippen LogP) is 1.72. The third kappa shape index (κ3) is 1.43. The van der Waals surface area contributed by atoms with Crippen molar-refractivity contribution in [1.29, 1.82) is 0 Å². The van der Waals surface area contributed by atoms with Crippen LogP contribution >= 0.6 is 22.6 Å². The van der Waals surface area contributed by atoms with E-state index in [1.165, 1.54) is 6.07 Å². The Kier molecular flexibility index (Phi) is 2.03. The number of carboxylic acid groups (broad SMARTS) is 1. The SMILES string of the molecule is O=C(O)c1cc2c(cc1I)OCO2. The Hall–Kier alpha value is -0.980. The molecule has 5 heteroatoms. The van der Waals surface area contributed by atoms with Gasteiger partial charge in [-0.3, -0.25) is 0 Å². The van der Waals surface area contributed by atoms with Crippen molar-refractivity contribution >= 4 is 28.6 Å². The number of halogens is 1. The topological polar surface area (TPSA) is 55.8 Å². The molecule has 0 aliphatic carbocycles. The van der Waals surface area contributed by atoms with Gasteiger partial charge >= 0.3 is 5.97 Å². The summed E-state index contributed by atoms with van der Waals surface area (Å²) in [7, 11) is 0. The van der Waals surface area contributed by atoms with Gasteiger partial charge in [0.25, 0.3) is 0 Å². The molecule has 2 rings (SSSR count). The van der Waals surface area contributed by atoms with Crippen molar-refractivity contribution in [2.75, 3.05) is 6.79 Å². The summed E-state index contributed by atoms with van der Waals surface area (Å²) in [6.07, 6.45) is 0. The Morgan fingerprint density at radius 1 is 1.38 bits per heavy atom. The lowest BCUT2D eigenvalue weighted by Gasteiger charge is -2.00. The summed E-state index contributed by atoms with van der Waals surface area (Å²) in [4.78, 5) is 10.7. The number of aromatic carboxylic acids is 1. The van der Waals surface area contributed by atoms with Crippen molar-refractivity contribution in [3.8, 4) is 11.5 Å². The molecule has 68 valence electrons. The minimum atomic E-state index is -0.956. The number of rotatable bonds is 1. The van der Waals surface area contributed by atoms with Gasteiger partial charge < -0.3 is 14.6 Å². The first-order valence-corrected chi connectivity index (χ1v) is 4.59. The number of hydrogen-bond donors (Lipinski definition) is 1. The van der Waals surface area contributed by atoms with E-state index < -0.39 is 5.97 Å². The van der Waals surface area contributed by atoms with Crippen LogP contribution in [-0.4, -0.2) is 17.9 Å². The Morgan fingerprint density at radius 2 is 2.00 bits per heavy atom. The first-order valence-electron chi connectivity index (χ1n) is 3.51. The lowest BCUT2D eigenvalue weighted by molar-refractivity contribution is 0.0695. The maximum Gasteiger partial charge on any atom is 0.336 e. The molecule has 1 aliphatic heterocycles.